The van der Waals surface area contributed by atoms with Crippen LogP contribution in [0.25, 0.3) is 0 Å². The molecular formula is C18H23N3O3. The van der Waals surface area contributed by atoms with Crippen molar-refractivity contribution in [1.29, 1.82) is 0 Å². The van der Waals surface area contributed by atoms with E-state index in [1.165, 1.54) is 0 Å². The second-order valence-corrected chi connectivity index (χ2v) is 6.15. The topological polar surface area (TPSA) is 67.3 Å². The maximum atomic E-state index is 13.0. The van der Waals surface area contributed by atoms with Crippen LogP contribution < -0.4 is 0 Å². The predicted molar refractivity (Wildman–Crippen MR) is 90.1 cm³/mol. The van der Waals surface area contributed by atoms with Crippen LogP contribution in [0, 0.1) is 13.8 Å². The van der Waals surface area contributed by atoms with Crippen LogP contribution in [0.1, 0.15) is 57.7 Å². The second-order valence-electron chi connectivity index (χ2n) is 6.15. The molecule has 0 bridgehead atoms. The summed E-state index contributed by atoms with van der Waals surface area (Å²) in [5, 5.41) is 0. The lowest BCUT2D eigenvalue weighted by molar-refractivity contribution is 0.0525. The number of ether oxygens (including phenoxy) is 1. The van der Waals surface area contributed by atoms with Gasteiger partial charge in [-0.05, 0) is 45.4 Å². The Morgan fingerprint density at radius 1 is 1.33 bits per heavy atom. The second kappa shape index (κ2) is 6.19. The van der Waals surface area contributed by atoms with Crippen molar-refractivity contribution in [2.45, 2.75) is 40.3 Å². The molecule has 0 radical (unpaired) electrons. The van der Waals surface area contributed by atoms with Crippen molar-refractivity contribution in [3.8, 4) is 0 Å². The van der Waals surface area contributed by atoms with Crippen LogP contribution in [0.4, 0.5) is 0 Å². The van der Waals surface area contributed by atoms with E-state index >= 15 is 0 Å². The van der Waals surface area contributed by atoms with Gasteiger partial charge in [0.15, 0.2) is 0 Å². The fourth-order valence-electron chi connectivity index (χ4n) is 3.47. The van der Waals surface area contributed by atoms with Gasteiger partial charge in [-0.2, -0.15) is 0 Å². The molecule has 1 N–H and O–H groups in total. The van der Waals surface area contributed by atoms with Crippen molar-refractivity contribution in [3.63, 3.8) is 0 Å². The summed E-state index contributed by atoms with van der Waals surface area (Å²) in [6.07, 6.45) is 2.04. The number of amides is 1. The van der Waals surface area contributed by atoms with E-state index in [-0.39, 0.29) is 17.9 Å². The van der Waals surface area contributed by atoms with Crippen molar-refractivity contribution in [2.75, 3.05) is 13.2 Å². The van der Waals surface area contributed by atoms with E-state index in [0.29, 0.717) is 35.7 Å². The molecule has 6 nitrogen and oxygen atoms in total. The van der Waals surface area contributed by atoms with Crippen LogP contribution in [0.3, 0.4) is 0 Å². The summed E-state index contributed by atoms with van der Waals surface area (Å²) in [5.74, 6) is -0.463. The first kappa shape index (κ1) is 16.4. The molecule has 1 aliphatic rings. The highest BCUT2D eigenvalue weighted by Gasteiger charge is 2.31. The number of nitrogens with one attached hydrogen (secondary N) is 1. The van der Waals surface area contributed by atoms with Gasteiger partial charge in [-0.3, -0.25) is 4.79 Å². The van der Waals surface area contributed by atoms with E-state index in [1.54, 1.807) is 20.8 Å². The van der Waals surface area contributed by atoms with E-state index in [1.807, 2.05) is 30.2 Å². The largest absolute Gasteiger partial charge is 0.462 e. The first-order valence-electron chi connectivity index (χ1n) is 8.28. The van der Waals surface area contributed by atoms with E-state index in [9.17, 15) is 9.59 Å². The minimum Gasteiger partial charge on any atom is -0.462 e. The molecule has 0 unspecified atom stereocenters. The average Bonchev–Trinajstić information content (AvgIpc) is 3.12. The number of rotatable bonds is 3. The third-order valence-corrected chi connectivity index (χ3v) is 4.73. The quantitative estimate of drug-likeness (QED) is 0.881. The zero-order valence-corrected chi connectivity index (χ0v) is 14.5. The summed E-state index contributed by atoms with van der Waals surface area (Å²) in [7, 11) is 0. The standard InChI is InChI=1S/C18H23N3O3/c1-5-24-18(23)15-11(2)16(19-12(15)3)17(22)21-10-9-20-8-6-7-14(20)13(21)4/h6-8,13,19H,5,9-10H2,1-4H3/t13-/m1/s1. The zero-order valence-electron chi connectivity index (χ0n) is 14.5. The van der Waals surface area contributed by atoms with E-state index in [2.05, 4.69) is 9.55 Å². The molecule has 2 aromatic heterocycles. The van der Waals surface area contributed by atoms with Crippen molar-refractivity contribution < 1.29 is 14.3 Å². The molecule has 0 aromatic carbocycles. The molecule has 1 aliphatic heterocycles. The van der Waals surface area contributed by atoms with Crippen molar-refractivity contribution in [3.05, 3.63) is 46.5 Å². The van der Waals surface area contributed by atoms with Crippen LogP contribution in [0.5, 0.6) is 0 Å². The maximum absolute atomic E-state index is 13.0. The van der Waals surface area contributed by atoms with Crippen molar-refractivity contribution >= 4 is 11.9 Å². The van der Waals surface area contributed by atoms with Gasteiger partial charge in [-0.15, -0.1) is 0 Å². The van der Waals surface area contributed by atoms with Crippen LogP contribution >= 0.6 is 0 Å². The lowest BCUT2D eigenvalue weighted by atomic mass is 10.1. The Morgan fingerprint density at radius 3 is 2.79 bits per heavy atom. The van der Waals surface area contributed by atoms with Gasteiger partial charge < -0.3 is 19.2 Å². The molecule has 0 fully saturated rings. The molecule has 3 heterocycles. The number of aryl methyl sites for hydroxylation is 1. The summed E-state index contributed by atoms with van der Waals surface area (Å²) in [6, 6.07) is 4.04. The fraction of sp³-hybridized carbons (Fsp3) is 0.444. The van der Waals surface area contributed by atoms with E-state index < -0.39 is 0 Å². The van der Waals surface area contributed by atoms with Gasteiger partial charge in [0, 0.05) is 30.7 Å². The van der Waals surface area contributed by atoms with E-state index in [0.717, 1.165) is 12.2 Å². The third kappa shape index (κ3) is 2.52. The zero-order chi connectivity index (χ0) is 17.4. The predicted octanol–water partition coefficient (Wildman–Crippen LogP) is 2.83. The molecule has 0 saturated heterocycles. The summed E-state index contributed by atoms with van der Waals surface area (Å²) in [6.45, 7) is 9.12. The normalized spacial score (nSPS) is 16.8. The highest BCUT2D eigenvalue weighted by Crippen LogP contribution is 2.28. The first-order valence-corrected chi connectivity index (χ1v) is 8.28. The number of nitrogens with zero attached hydrogens (tertiary/aromatic N) is 2. The van der Waals surface area contributed by atoms with Crippen LogP contribution in [0.15, 0.2) is 18.3 Å². The highest BCUT2D eigenvalue weighted by atomic mass is 16.5. The summed E-state index contributed by atoms with van der Waals surface area (Å²) in [5.41, 5.74) is 3.39. The molecule has 1 atom stereocenters. The van der Waals surface area contributed by atoms with Gasteiger partial charge in [0.25, 0.3) is 5.91 Å². The lowest BCUT2D eigenvalue weighted by Crippen LogP contribution is -2.41. The first-order chi connectivity index (χ1) is 11.5. The fourth-order valence-corrected chi connectivity index (χ4v) is 3.47. The number of fused-ring (bicyclic) bond motifs is 1. The molecule has 128 valence electrons. The smallest absolute Gasteiger partial charge is 0.340 e. The number of aromatic nitrogens is 2. The Morgan fingerprint density at radius 2 is 2.08 bits per heavy atom. The summed E-state index contributed by atoms with van der Waals surface area (Å²) in [4.78, 5) is 30.1. The number of esters is 1. The third-order valence-electron chi connectivity index (χ3n) is 4.73. The van der Waals surface area contributed by atoms with Gasteiger partial charge in [0.1, 0.15) is 5.69 Å². The Labute approximate surface area is 141 Å². The Hall–Kier alpha value is -2.50. The number of carbonyl (C=O) groups excluding carboxylic acids is 2. The number of carbonyl (C=O) groups is 2. The molecule has 0 spiro atoms. The number of H-pyrrole nitrogens is 1. The van der Waals surface area contributed by atoms with Crippen LogP contribution in [-0.2, 0) is 11.3 Å². The minimum atomic E-state index is -0.386. The van der Waals surface area contributed by atoms with Gasteiger partial charge in [0.05, 0.1) is 18.2 Å². The lowest BCUT2D eigenvalue weighted by Gasteiger charge is -2.34. The average molecular weight is 329 g/mol. The molecule has 6 heteroatoms. The molecule has 2 aromatic rings. The summed E-state index contributed by atoms with van der Waals surface area (Å²) >= 11 is 0. The van der Waals surface area contributed by atoms with Gasteiger partial charge in [-0.25, -0.2) is 4.79 Å². The Balaban J connectivity index is 1.91. The molecule has 3 rings (SSSR count). The van der Waals surface area contributed by atoms with Crippen molar-refractivity contribution in [2.24, 2.45) is 0 Å². The maximum Gasteiger partial charge on any atom is 0.340 e. The SMILES string of the molecule is CCOC(=O)c1c(C)[nH]c(C(=O)N2CCn3cccc3[C@H]2C)c1C. The van der Waals surface area contributed by atoms with E-state index in [4.69, 9.17) is 4.74 Å². The Bertz CT molecular complexity index is 788. The number of hydrogen-bond acceptors (Lipinski definition) is 3. The molecule has 0 aliphatic carbocycles. The molecule has 1 amide bonds. The van der Waals surface area contributed by atoms with Crippen LogP contribution in [0.2, 0.25) is 0 Å². The molecule has 0 saturated carbocycles. The van der Waals surface area contributed by atoms with Crippen molar-refractivity contribution in [1.82, 2.24) is 14.5 Å². The van der Waals surface area contributed by atoms with Gasteiger partial charge in [-0.1, -0.05) is 0 Å². The van der Waals surface area contributed by atoms with Gasteiger partial charge >= 0.3 is 5.97 Å². The highest BCUT2D eigenvalue weighted by molar-refractivity contribution is 6.00. The minimum absolute atomic E-state index is 0.00435. The van der Waals surface area contributed by atoms with Crippen LogP contribution in [-0.4, -0.2) is 39.5 Å². The molecular weight excluding hydrogens is 306 g/mol. The Kier molecular flexibility index (Phi) is 4.22. The molecule has 24 heavy (non-hydrogen) atoms. The monoisotopic (exact) mass is 329 g/mol. The number of hydrogen-bond donors (Lipinski definition) is 1. The number of aromatic amines is 1. The summed E-state index contributed by atoms with van der Waals surface area (Å²) < 4.78 is 7.27. The van der Waals surface area contributed by atoms with Gasteiger partial charge in [0.2, 0.25) is 0 Å².